The molecule has 1 fully saturated rings. The molecule has 1 aliphatic rings. The molecule has 1 unspecified atom stereocenters. The quantitative estimate of drug-likeness (QED) is 0.722. The molecule has 1 saturated heterocycles. The first kappa shape index (κ1) is 10.1. The van der Waals surface area contributed by atoms with Crippen LogP contribution in [0.3, 0.4) is 0 Å². The van der Waals surface area contributed by atoms with Gasteiger partial charge in [-0.05, 0) is 33.1 Å². The summed E-state index contributed by atoms with van der Waals surface area (Å²) in [5, 5.41) is 2.92. The van der Waals surface area contributed by atoms with Crippen LogP contribution in [0.15, 0.2) is 0 Å². The van der Waals surface area contributed by atoms with Gasteiger partial charge in [-0.25, -0.2) is 0 Å². The molecule has 0 aromatic carbocycles. The fraction of sp³-hybridized carbons (Fsp3) is 0.889. The average Bonchev–Trinajstić information content (AvgIpc) is 2.30. The highest BCUT2D eigenvalue weighted by atomic mass is 32.2. The zero-order chi connectivity index (χ0) is 9.19. The highest BCUT2D eigenvalue weighted by molar-refractivity contribution is 8.00. The molecule has 0 saturated carbocycles. The molecule has 0 bridgehead atoms. The van der Waals surface area contributed by atoms with Crippen LogP contribution in [0.2, 0.25) is 0 Å². The highest BCUT2D eigenvalue weighted by Crippen LogP contribution is 2.42. The minimum atomic E-state index is 0.161. The molecule has 0 spiro atoms. The van der Waals surface area contributed by atoms with E-state index in [2.05, 4.69) is 19.2 Å². The smallest absolute Gasteiger partial charge is 0.151 e. The Kier molecular flexibility index (Phi) is 3.18. The van der Waals surface area contributed by atoms with Gasteiger partial charge in [0.15, 0.2) is 5.78 Å². The first-order chi connectivity index (χ1) is 5.58. The molecule has 1 atom stereocenters. The van der Waals surface area contributed by atoms with E-state index in [4.69, 9.17) is 0 Å². The molecule has 70 valence electrons. The van der Waals surface area contributed by atoms with Gasteiger partial charge in [0.2, 0.25) is 0 Å². The Labute approximate surface area is 78.5 Å². The van der Waals surface area contributed by atoms with E-state index in [0.29, 0.717) is 12.3 Å². The van der Waals surface area contributed by atoms with Crippen molar-refractivity contribution in [3.05, 3.63) is 0 Å². The van der Waals surface area contributed by atoms with Crippen molar-refractivity contribution in [2.45, 2.75) is 25.0 Å². The predicted molar refractivity (Wildman–Crippen MR) is 53.6 cm³/mol. The normalized spacial score (nSPS) is 27.4. The Morgan fingerprint density at radius 1 is 1.67 bits per heavy atom. The van der Waals surface area contributed by atoms with Crippen LogP contribution in [0.5, 0.6) is 0 Å². The summed E-state index contributed by atoms with van der Waals surface area (Å²) in [6.45, 7) is 4.86. The van der Waals surface area contributed by atoms with E-state index in [1.165, 1.54) is 0 Å². The van der Waals surface area contributed by atoms with Crippen molar-refractivity contribution in [1.29, 1.82) is 0 Å². The van der Waals surface area contributed by atoms with E-state index in [1.54, 1.807) is 0 Å². The molecule has 1 heterocycles. The van der Waals surface area contributed by atoms with Gasteiger partial charge < -0.3 is 5.32 Å². The molecule has 3 heteroatoms. The van der Waals surface area contributed by atoms with Gasteiger partial charge in [-0.3, -0.25) is 4.79 Å². The second-order valence-corrected chi connectivity index (χ2v) is 5.54. The summed E-state index contributed by atoms with van der Waals surface area (Å²) in [6, 6.07) is 0. The molecule has 1 rings (SSSR count). The van der Waals surface area contributed by atoms with Crippen LogP contribution in [0.25, 0.3) is 0 Å². The van der Waals surface area contributed by atoms with E-state index >= 15 is 0 Å². The number of hydrogen-bond donors (Lipinski definition) is 1. The molecule has 0 aromatic rings. The van der Waals surface area contributed by atoms with E-state index < -0.39 is 0 Å². The molecule has 0 aromatic heterocycles. The number of ketones is 1. The van der Waals surface area contributed by atoms with Crippen LogP contribution in [0.1, 0.15) is 20.3 Å². The van der Waals surface area contributed by atoms with E-state index in [0.717, 1.165) is 12.2 Å². The number of nitrogens with one attached hydrogen (secondary N) is 1. The Morgan fingerprint density at radius 3 is 2.75 bits per heavy atom. The Balaban J connectivity index is 2.56. The van der Waals surface area contributed by atoms with Gasteiger partial charge in [0.1, 0.15) is 0 Å². The lowest BCUT2D eigenvalue weighted by molar-refractivity contribution is -0.122. The average molecular weight is 187 g/mol. The van der Waals surface area contributed by atoms with Gasteiger partial charge in [-0.1, -0.05) is 0 Å². The van der Waals surface area contributed by atoms with Crippen molar-refractivity contribution in [3.8, 4) is 0 Å². The van der Waals surface area contributed by atoms with Crippen LogP contribution in [0, 0.1) is 5.92 Å². The maximum absolute atomic E-state index is 11.6. The summed E-state index contributed by atoms with van der Waals surface area (Å²) in [7, 11) is 1.83. The van der Waals surface area contributed by atoms with Crippen LogP contribution in [-0.2, 0) is 4.79 Å². The maximum Gasteiger partial charge on any atom is 0.151 e. The van der Waals surface area contributed by atoms with Gasteiger partial charge in [0.25, 0.3) is 0 Å². The van der Waals surface area contributed by atoms with E-state index in [9.17, 15) is 4.79 Å². The molecular weight excluding hydrogens is 170 g/mol. The molecular formula is C9H17NOS. The van der Waals surface area contributed by atoms with Gasteiger partial charge in [-0.15, -0.1) is 0 Å². The summed E-state index contributed by atoms with van der Waals surface area (Å²) < 4.78 is 0.161. The first-order valence-corrected chi connectivity index (χ1v) is 5.38. The van der Waals surface area contributed by atoms with E-state index in [-0.39, 0.29) is 10.7 Å². The van der Waals surface area contributed by atoms with Crippen LogP contribution in [-0.4, -0.2) is 29.9 Å². The largest absolute Gasteiger partial charge is 0.313 e. The van der Waals surface area contributed by atoms with Gasteiger partial charge in [0.05, 0.1) is 6.54 Å². The third-order valence-electron chi connectivity index (χ3n) is 2.46. The minimum absolute atomic E-state index is 0.161. The summed E-state index contributed by atoms with van der Waals surface area (Å²) in [6.07, 6.45) is 1.05. The number of likely N-dealkylation sites (N-methyl/N-ethyl adjacent to an activating group) is 1. The lowest BCUT2D eigenvalue weighted by Crippen LogP contribution is -2.34. The van der Waals surface area contributed by atoms with E-state index in [1.807, 2.05) is 18.8 Å². The van der Waals surface area contributed by atoms with Gasteiger partial charge >= 0.3 is 0 Å². The number of carbonyl (C=O) groups is 1. The number of hydrogen-bond acceptors (Lipinski definition) is 3. The Morgan fingerprint density at radius 2 is 2.33 bits per heavy atom. The van der Waals surface area contributed by atoms with Crippen molar-refractivity contribution < 1.29 is 4.79 Å². The molecule has 12 heavy (non-hydrogen) atoms. The van der Waals surface area contributed by atoms with Crippen LogP contribution >= 0.6 is 11.8 Å². The molecule has 0 radical (unpaired) electrons. The topological polar surface area (TPSA) is 29.1 Å². The zero-order valence-corrected chi connectivity index (χ0v) is 8.83. The van der Waals surface area contributed by atoms with Crippen LogP contribution < -0.4 is 5.32 Å². The maximum atomic E-state index is 11.6. The predicted octanol–water partition coefficient (Wildman–Crippen LogP) is 1.31. The van der Waals surface area contributed by atoms with Gasteiger partial charge in [-0.2, -0.15) is 11.8 Å². The summed E-state index contributed by atoms with van der Waals surface area (Å²) in [4.78, 5) is 11.6. The Hall–Kier alpha value is -0.0200. The molecule has 0 amide bonds. The first-order valence-electron chi connectivity index (χ1n) is 4.39. The number of carbonyl (C=O) groups excluding carboxylic acids is 1. The molecule has 1 N–H and O–H groups in total. The summed E-state index contributed by atoms with van der Waals surface area (Å²) in [5.41, 5.74) is 0. The number of thioether (sulfide) groups is 1. The summed E-state index contributed by atoms with van der Waals surface area (Å²) in [5.74, 6) is 1.76. The van der Waals surface area contributed by atoms with Crippen molar-refractivity contribution in [3.63, 3.8) is 0 Å². The van der Waals surface area contributed by atoms with Crippen molar-refractivity contribution >= 4 is 17.5 Å². The van der Waals surface area contributed by atoms with Crippen molar-refractivity contribution in [2.75, 3.05) is 19.3 Å². The second kappa shape index (κ2) is 3.79. The second-order valence-electron chi connectivity index (χ2n) is 3.79. The lowest BCUT2D eigenvalue weighted by Gasteiger charge is -2.24. The third kappa shape index (κ3) is 2.02. The van der Waals surface area contributed by atoms with Gasteiger partial charge in [0, 0.05) is 10.7 Å². The molecule has 2 nitrogen and oxygen atoms in total. The van der Waals surface area contributed by atoms with Crippen molar-refractivity contribution in [2.24, 2.45) is 5.92 Å². The summed E-state index contributed by atoms with van der Waals surface area (Å²) >= 11 is 1.91. The van der Waals surface area contributed by atoms with Crippen molar-refractivity contribution in [1.82, 2.24) is 5.32 Å². The monoisotopic (exact) mass is 187 g/mol. The molecule has 1 aliphatic heterocycles. The fourth-order valence-electron chi connectivity index (χ4n) is 1.73. The molecule has 0 aliphatic carbocycles. The third-order valence-corrected chi connectivity index (χ3v) is 3.93. The lowest BCUT2D eigenvalue weighted by atomic mass is 9.89. The standard InChI is InChI=1S/C9H17NOS/c1-9(2)7(4-5-12-9)8(11)6-10-3/h7,10H,4-6H2,1-3H3. The zero-order valence-electron chi connectivity index (χ0n) is 8.02. The van der Waals surface area contributed by atoms with Crippen LogP contribution in [0.4, 0.5) is 0 Å². The number of Topliss-reactive ketones (excluding diaryl/α,β-unsaturated/α-hetero) is 1. The Bertz CT molecular complexity index is 179. The fourth-order valence-corrected chi connectivity index (χ4v) is 3.06. The SMILES string of the molecule is CNCC(=O)C1CCSC1(C)C. The number of rotatable bonds is 3. The minimum Gasteiger partial charge on any atom is -0.313 e. The highest BCUT2D eigenvalue weighted by Gasteiger charge is 2.39.